The van der Waals surface area contributed by atoms with Gasteiger partial charge in [0.05, 0.1) is 30.4 Å². The van der Waals surface area contributed by atoms with Crippen LogP contribution < -0.4 is 25.0 Å². The van der Waals surface area contributed by atoms with Crippen LogP contribution in [0.15, 0.2) is 91.6 Å². The third-order valence-corrected chi connectivity index (χ3v) is 11.3. The SMILES string of the molecule is C=C[C@H](c1ccc(OCc2ccnc(N3CC4(COC4)C3)n2)cc1)c1ccc(OC2CC(Nc3ccc4c(c3)CN(C3CCC(=O)NC3=O)C4)C2)cc1. The van der Waals surface area contributed by atoms with Gasteiger partial charge in [-0.3, -0.25) is 19.8 Å². The first kappa shape index (κ1) is 33.6. The van der Waals surface area contributed by atoms with Crippen molar-refractivity contribution in [3.05, 3.63) is 120 Å². The summed E-state index contributed by atoms with van der Waals surface area (Å²) >= 11 is 0. The molecule has 2 amide bonds. The zero-order chi connectivity index (χ0) is 35.9. The number of amides is 2. The fourth-order valence-corrected chi connectivity index (χ4v) is 8.21. The maximum atomic E-state index is 12.4. The number of benzene rings is 3. The summed E-state index contributed by atoms with van der Waals surface area (Å²) in [4.78, 5) is 37.5. The van der Waals surface area contributed by atoms with Crippen molar-refractivity contribution in [1.29, 1.82) is 0 Å². The van der Waals surface area contributed by atoms with Gasteiger partial charge in [-0.25, -0.2) is 9.97 Å². The number of aromatic nitrogens is 2. The van der Waals surface area contributed by atoms with Gasteiger partial charge in [-0.1, -0.05) is 36.4 Å². The molecule has 2 atom stereocenters. The summed E-state index contributed by atoms with van der Waals surface area (Å²) in [6, 6.07) is 25.0. The first-order valence-electron chi connectivity index (χ1n) is 18.6. The van der Waals surface area contributed by atoms with Crippen LogP contribution in [0.1, 0.15) is 59.5 Å². The molecule has 1 saturated carbocycles. The molecule has 272 valence electrons. The molecule has 11 heteroatoms. The number of piperidine rings is 1. The molecule has 3 aromatic carbocycles. The number of carbonyl (C=O) groups excluding carboxylic acids is 2. The molecule has 11 nitrogen and oxygen atoms in total. The monoisotopic (exact) mass is 712 g/mol. The lowest BCUT2D eigenvalue weighted by atomic mass is 9.78. The van der Waals surface area contributed by atoms with Crippen LogP contribution in [-0.2, 0) is 34.0 Å². The smallest absolute Gasteiger partial charge is 0.243 e. The van der Waals surface area contributed by atoms with E-state index < -0.39 is 0 Å². The molecule has 4 aromatic rings. The standard InChI is InChI=1S/C42H44N6O5/c1-2-37(27-4-9-34(10-5-27)52-22-32-15-16-43-41(45-32)48-23-42(24-48)25-51-26-42)28-6-11-35(12-7-28)53-36-18-33(19-36)44-31-8-3-29-20-47(21-30(29)17-31)38-13-14-39(49)46-40(38)50/h2-12,15-17,33,36-38,44H,1,13-14,18-26H2,(H,46,49,50)/t33?,36?,37-,38?/m1/s1. The average Bonchev–Trinajstić information content (AvgIpc) is 3.53. The predicted octanol–water partition coefficient (Wildman–Crippen LogP) is 5.35. The molecule has 0 bridgehead atoms. The summed E-state index contributed by atoms with van der Waals surface area (Å²) < 4.78 is 17.8. The fourth-order valence-electron chi connectivity index (χ4n) is 8.21. The molecule has 3 saturated heterocycles. The van der Waals surface area contributed by atoms with Crippen LogP contribution in [0.3, 0.4) is 0 Å². The average molecular weight is 713 g/mol. The number of carbonyl (C=O) groups is 2. The second kappa shape index (κ2) is 13.9. The molecular weight excluding hydrogens is 668 g/mol. The maximum absolute atomic E-state index is 12.4. The van der Waals surface area contributed by atoms with Crippen molar-refractivity contribution in [3.63, 3.8) is 0 Å². The van der Waals surface area contributed by atoms with E-state index in [1.807, 2.05) is 24.3 Å². The highest BCUT2D eigenvalue weighted by Crippen LogP contribution is 2.39. The van der Waals surface area contributed by atoms with E-state index in [-0.39, 0.29) is 29.9 Å². The summed E-state index contributed by atoms with van der Waals surface area (Å²) in [5.41, 5.74) is 7.03. The van der Waals surface area contributed by atoms with E-state index in [2.05, 4.69) is 86.6 Å². The number of allylic oxidation sites excluding steroid dienone is 1. The number of nitrogens with zero attached hydrogens (tertiary/aromatic N) is 4. The first-order chi connectivity index (χ1) is 25.9. The zero-order valence-electron chi connectivity index (χ0n) is 29.7. The van der Waals surface area contributed by atoms with E-state index in [9.17, 15) is 9.59 Å². The largest absolute Gasteiger partial charge is 0.490 e. The van der Waals surface area contributed by atoms with E-state index >= 15 is 0 Å². The Balaban J connectivity index is 0.731. The van der Waals surface area contributed by atoms with Gasteiger partial charge in [-0.15, -0.1) is 6.58 Å². The molecule has 4 fully saturated rings. The molecule has 53 heavy (non-hydrogen) atoms. The Bertz CT molecular complexity index is 2000. The molecule has 1 aromatic heterocycles. The third kappa shape index (κ3) is 6.98. The number of rotatable bonds is 12. The normalized spacial score (nSPS) is 23.5. The maximum Gasteiger partial charge on any atom is 0.243 e. The fraction of sp³-hybridized carbons (Fsp3) is 0.381. The predicted molar refractivity (Wildman–Crippen MR) is 200 cm³/mol. The van der Waals surface area contributed by atoms with Crippen LogP contribution in [0.2, 0.25) is 0 Å². The number of hydrogen-bond donors (Lipinski definition) is 2. The summed E-state index contributed by atoms with van der Waals surface area (Å²) in [7, 11) is 0. The number of hydrogen-bond acceptors (Lipinski definition) is 10. The van der Waals surface area contributed by atoms with Crippen molar-refractivity contribution >= 4 is 23.5 Å². The van der Waals surface area contributed by atoms with Gasteiger partial charge in [0.2, 0.25) is 17.8 Å². The van der Waals surface area contributed by atoms with E-state index in [0.29, 0.717) is 30.9 Å². The topological polar surface area (TPSA) is 118 Å². The number of anilines is 2. The minimum Gasteiger partial charge on any atom is -0.490 e. The van der Waals surface area contributed by atoms with Gasteiger partial charge in [0.15, 0.2) is 0 Å². The lowest BCUT2D eigenvalue weighted by Gasteiger charge is -2.54. The van der Waals surface area contributed by atoms with Crippen molar-refractivity contribution in [2.24, 2.45) is 5.41 Å². The van der Waals surface area contributed by atoms with Gasteiger partial charge in [0.1, 0.15) is 24.2 Å². The summed E-state index contributed by atoms with van der Waals surface area (Å²) in [5.74, 6) is 2.11. The number of fused-ring (bicyclic) bond motifs is 1. The molecule has 5 aliphatic rings. The van der Waals surface area contributed by atoms with E-state index in [0.717, 1.165) is 92.2 Å². The van der Waals surface area contributed by atoms with Crippen LogP contribution in [-0.4, -0.2) is 71.2 Å². The Morgan fingerprint density at radius 1 is 0.962 bits per heavy atom. The van der Waals surface area contributed by atoms with Gasteiger partial charge in [0, 0.05) is 69.3 Å². The first-order valence-corrected chi connectivity index (χ1v) is 18.6. The summed E-state index contributed by atoms with van der Waals surface area (Å²) in [5, 5.41) is 6.15. The number of imide groups is 1. The number of nitrogens with one attached hydrogen (secondary N) is 2. The highest BCUT2D eigenvalue weighted by Gasteiger charge is 2.50. The van der Waals surface area contributed by atoms with Crippen LogP contribution in [0, 0.1) is 5.41 Å². The van der Waals surface area contributed by atoms with Crippen molar-refractivity contribution in [3.8, 4) is 11.5 Å². The lowest BCUT2D eigenvalue weighted by Crippen LogP contribution is -2.66. The molecule has 1 aliphatic carbocycles. The van der Waals surface area contributed by atoms with Gasteiger partial charge >= 0.3 is 0 Å². The van der Waals surface area contributed by atoms with Crippen molar-refractivity contribution in [1.82, 2.24) is 20.2 Å². The van der Waals surface area contributed by atoms with Crippen LogP contribution in [0.4, 0.5) is 11.6 Å². The summed E-state index contributed by atoms with van der Waals surface area (Å²) in [6.07, 6.45) is 6.78. The van der Waals surface area contributed by atoms with Crippen LogP contribution >= 0.6 is 0 Å². The van der Waals surface area contributed by atoms with Gasteiger partial charge in [-0.05, 0) is 71.1 Å². The molecule has 4 aliphatic heterocycles. The second-order valence-corrected chi connectivity index (χ2v) is 15.2. The molecule has 0 radical (unpaired) electrons. The van der Waals surface area contributed by atoms with Gasteiger partial charge in [0.25, 0.3) is 0 Å². The molecular formula is C42H44N6O5. The third-order valence-electron chi connectivity index (χ3n) is 11.3. The van der Waals surface area contributed by atoms with E-state index in [1.165, 1.54) is 11.1 Å². The molecule has 5 heterocycles. The highest BCUT2D eigenvalue weighted by molar-refractivity contribution is 6.00. The Kier molecular flexibility index (Phi) is 8.83. The zero-order valence-corrected chi connectivity index (χ0v) is 29.7. The van der Waals surface area contributed by atoms with Crippen molar-refractivity contribution < 1.29 is 23.8 Å². The van der Waals surface area contributed by atoms with Gasteiger partial charge in [-0.2, -0.15) is 0 Å². The quantitative estimate of drug-likeness (QED) is 0.147. The highest BCUT2D eigenvalue weighted by atomic mass is 16.5. The van der Waals surface area contributed by atoms with Gasteiger partial charge < -0.3 is 24.4 Å². The minimum absolute atomic E-state index is 0.0455. The Hall–Kier alpha value is -5.26. The minimum atomic E-state index is -0.243. The molecule has 1 spiro atoms. The summed E-state index contributed by atoms with van der Waals surface area (Å²) in [6.45, 7) is 9.54. The Labute approximate surface area is 309 Å². The van der Waals surface area contributed by atoms with E-state index in [4.69, 9.17) is 19.2 Å². The van der Waals surface area contributed by atoms with Crippen molar-refractivity contribution in [2.75, 3.05) is 36.5 Å². The van der Waals surface area contributed by atoms with Crippen molar-refractivity contribution in [2.45, 2.75) is 69.5 Å². The second-order valence-electron chi connectivity index (χ2n) is 15.2. The molecule has 2 N–H and O–H groups in total. The van der Waals surface area contributed by atoms with Crippen LogP contribution in [0.5, 0.6) is 11.5 Å². The Morgan fingerprint density at radius 3 is 2.40 bits per heavy atom. The molecule has 1 unspecified atom stereocenters. The number of ether oxygens (including phenoxy) is 3. The van der Waals surface area contributed by atoms with Crippen LogP contribution in [0.25, 0.3) is 0 Å². The molecule has 9 rings (SSSR count). The Morgan fingerprint density at radius 2 is 1.70 bits per heavy atom. The lowest BCUT2D eigenvalue weighted by molar-refractivity contribution is -0.137. The van der Waals surface area contributed by atoms with E-state index in [1.54, 1.807) is 6.20 Å².